The van der Waals surface area contributed by atoms with Gasteiger partial charge in [-0.1, -0.05) is 43.5 Å². The molecule has 0 saturated heterocycles. The van der Waals surface area contributed by atoms with Gasteiger partial charge in [-0.3, -0.25) is 10.1 Å². The second kappa shape index (κ2) is 10.0. The van der Waals surface area contributed by atoms with Crippen LogP contribution in [0, 0.1) is 5.92 Å². The molecule has 0 bridgehead atoms. The molecule has 1 fully saturated rings. The molecule has 0 radical (unpaired) electrons. The van der Waals surface area contributed by atoms with Gasteiger partial charge in [0.05, 0.1) is 5.02 Å². The second-order valence-corrected chi connectivity index (χ2v) is 6.68. The predicted molar refractivity (Wildman–Crippen MR) is 96.0 cm³/mol. The molecule has 0 aromatic heterocycles. The number of hydrogen-bond donors (Lipinski definition) is 2. The van der Waals surface area contributed by atoms with Crippen molar-refractivity contribution in [3.05, 3.63) is 29.3 Å². The molecule has 2 rings (SSSR count). The highest BCUT2D eigenvalue weighted by Crippen LogP contribution is 2.24. The number of ether oxygens (including phenoxy) is 2. The number of imide groups is 1. The number of carbonyl (C=O) groups excluding carboxylic acids is 3. The van der Waals surface area contributed by atoms with Crippen LogP contribution >= 0.6 is 11.6 Å². The van der Waals surface area contributed by atoms with Crippen LogP contribution in [0.3, 0.4) is 0 Å². The van der Waals surface area contributed by atoms with E-state index >= 15 is 0 Å². The maximum atomic E-state index is 11.8. The second-order valence-electron chi connectivity index (χ2n) is 6.27. The average molecular weight is 383 g/mol. The number of benzene rings is 1. The van der Waals surface area contributed by atoms with E-state index in [1.807, 2.05) is 0 Å². The fourth-order valence-electron chi connectivity index (χ4n) is 2.78. The van der Waals surface area contributed by atoms with Crippen molar-refractivity contribution in [3.63, 3.8) is 0 Å². The van der Waals surface area contributed by atoms with Gasteiger partial charge in [-0.2, -0.15) is 0 Å². The lowest BCUT2D eigenvalue weighted by molar-refractivity contribution is -0.150. The van der Waals surface area contributed by atoms with Crippen molar-refractivity contribution in [2.45, 2.75) is 38.6 Å². The molecule has 1 aromatic rings. The number of esters is 1. The van der Waals surface area contributed by atoms with E-state index in [0.717, 1.165) is 25.7 Å². The normalized spacial score (nSPS) is 19.3. The number of amides is 3. The number of halogens is 1. The molecule has 0 heterocycles. The summed E-state index contributed by atoms with van der Waals surface area (Å²) in [6, 6.07) is 6.17. The Labute approximate surface area is 157 Å². The summed E-state index contributed by atoms with van der Waals surface area (Å²) in [7, 11) is 0. The summed E-state index contributed by atoms with van der Waals surface area (Å²) in [6.45, 7) is 1.13. The van der Waals surface area contributed by atoms with E-state index < -0.39 is 24.5 Å². The van der Waals surface area contributed by atoms with Crippen molar-refractivity contribution in [1.82, 2.24) is 10.6 Å². The smallest absolute Gasteiger partial charge is 0.344 e. The van der Waals surface area contributed by atoms with E-state index in [1.165, 1.54) is 0 Å². The quantitative estimate of drug-likeness (QED) is 0.738. The number of hydrogen-bond acceptors (Lipinski definition) is 5. The van der Waals surface area contributed by atoms with E-state index in [-0.39, 0.29) is 12.6 Å². The minimum atomic E-state index is -0.735. The Morgan fingerprint density at radius 2 is 1.88 bits per heavy atom. The largest absolute Gasteiger partial charge is 0.480 e. The lowest BCUT2D eigenvalue weighted by Crippen LogP contribution is -2.48. The van der Waals surface area contributed by atoms with Crippen LogP contribution in [-0.4, -0.2) is 37.2 Å². The fourth-order valence-corrected chi connectivity index (χ4v) is 2.97. The third-order valence-electron chi connectivity index (χ3n) is 4.23. The van der Waals surface area contributed by atoms with Crippen molar-refractivity contribution in [1.29, 1.82) is 0 Å². The molecule has 1 aliphatic carbocycles. The predicted octanol–water partition coefficient (Wildman–Crippen LogP) is 2.67. The SMILES string of the molecule is C[C@H]1CCCC[C@@H]1NC(=O)NC(=O)COC(=O)COc1ccccc1Cl. The van der Waals surface area contributed by atoms with Gasteiger partial charge in [-0.15, -0.1) is 0 Å². The van der Waals surface area contributed by atoms with E-state index in [1.54, 1.807) is 24.3 Å². The monoisotopic (exact) mass is 382 g/mol. The molecule has 3 amide bonds. The molecule has 0 spiro atoms. The van der Waals surface area contributed by atoms with Crippen molar-refractivity contribution in [3.8, 4) is 5.75 Å². The van der Waals surface area contributed by atoms with Gasteiger partial charge in [0.2, 0.25) is 0 Å². The first kappa shape index (κ1) is 20.0. The summed E-state index contributed by atoms with van der Waals surface area (Å²) < 4.78 is 9.99. The van der Waals surface area contributed by atoms with Gasteiger partial charge in [0.1, 0.15) is 5.75 Å². The molecule has 8 heteroatoms. The van der Waals surface area contributed by atoms with Gasteiger partial charge in [0.15, 0.2) is 13.2 Å². The van der Waals surface area contributed by atoms with Crippen molar-refractivity contribution in [2.75, 3.05) is 13.2 Å². The molecular weight excluding hydrogens is 360 g/mol. The van der Waals surface area contributed by atoms with E-state index in [2.05, 4.69) is 17.6 Å². The Morgan fingerprint density at radius 3 is 2.62 bits per heavy atom. The summed E-state index contributed by atoms with van der Waals surface area (Å²) in [4.78, 5) is 35.1. The molecule has 7 nitrogen and oxygen atoms in total. The van der Waals surface area contributed by atoms with E-state index in [4.69, 9.17) is 21.1 Å². The van der Waals surface area contributed by atoms with Crippen molar-refractivity contribution < 1.29 is 23.9 Å². The van der Waals surface area contributed by atoms with Crippen LogP contribution in [0.5, 0.6) is 5.75 Å². The lowest BCUT2D eigenvalue weighted by atomic mass is 9.86. The van der Waals surface area contributed by atoms with Gasteiger partial charge in [-0.25, -0.2) is 9.59 Å². The van der Waals surface area contributed by atoms with Gasteiger partial charge in [0.25, 0.3) is 5.91 Å². The van der Waals surface area contributed by atoms with Crippen LogP contribution in [0.15, 0.2) is 24.3 Å². The fraction of sp³-hybridized carbons (Fsp3) is 0.500. The Bertz CT molecular complexity index is 652. The van der Waals surface area contributed by atoms with Crippen molar-refractivity contribution >= 4 is 29.5 Å². The number of carbonyl (C=O) groups is 3. The van der Waals surface area contributed by atoms with Crippen molar-refractivity contribution in [2.24, 2.45) is 5.92 Å². The first-order chi connectivity index (χ1) is 12.5. The number of urea groups is 1. The number of nitrogens with one attached hydrogen (secondary N) is 2. The summed E-state index contributed by atoms with van der Waals surface area (Å²) in [6.07, 6.45) is 4.18. The zero-order valence-electron chi connectivity index (χ0n) is 14.6. The Morgan fingerprint density at radius 1 is 1.15 bits per heavy atom. The van der Waals surface area contributed by atoms with Gasteiger partial charge in [0, 0.05) is 6.04 Å². The number of para-hydroxylation sites is 1. The van der Waals surface area contributed by atoms with Crippen LogP contribution in [0.4, 0.5) is 4.79 Å². The molecule has 0 aliphatic heterocycles. The zero-order chi connectivity index (χ0) is 18.9. The Balaban J connectivity index is 1.65. The third-order valence-corrected chi connectivity index (χ3v) is 4.54. The van der Waals surface area contributed by atoms with Crippen LogP contribution in [-0.2, 0) is 14.3 Å². The molecule has 1 aromatic carbocycles. The molecule has 1 saturated carbocycles. The minimum Gasteiger partial charge on any atom is -0.480 e. The molecule has 0 unspecified atom stereocenters. The van der Waals surface area contributed by atoms with Gasteiger partial charge in [-0.05, 0) is 30.9 Å². The maximum absolute atomic E-state index is 11.8. The summed E-state index contributed by atoms with van der Waals surface area (Å²) in [5.41, 5.74) is 0. The lowest BCUT2D eigenvalue weighted by Gasteiger charge is -2.29. The third kappa shape index (κ3) is 6.55. The zero-order valence-corrected chi connectivity index (χ0v) is 15.4. The minimum absolute atomic E-state index is 0.0584. The summed E-state index contributed by atoms with van der Waals surface area (Å²) >= 11 is 5.90. The highest BCUT2D eigenvalue weighted by Gasteiger charge is 2.23. The average Bonchev–Trinajstić information content (AvgIpc) is 2.61. The van der Waals surface area contributed by atoms with Crippen LogP contribution in [0.25, 0.3) is 0 Å². The van der Waals surface area contributed by atoms with E-state index in [0.29, 0.717) is 16.7 Å². The van der Waals surface area contributed by atoms with Gasteiger partial charge < -0.3 is 14.8 Å². The molecule has 142 valence electrons. The van der Waals surface area contributed by atoms with Crippen LogP contribution in [0.2, 0.25) is 5.02 Å². The number of rotatable bonds is 6. The highest BCUT2D eigenvalue weighted by molar-refractivity contribution is 6.32. The molecule has 1 aliphatic rings. The first-order valence-electron chi connectivity index (χ1n) is 8.59. The van der Waals surface area contributed by atoms with Crippen LogP contribution < -0.4 is 15.4 Å². The Hall–Kier alpha value is -2.28. The summed E-state index contributed by atoms with van der Waals surface area (Å²) in [5, 5.41) is 5.31. The Kier molecular flexibility index (Phi) is 7.72. The topological polar surface area (TPSA) is 93.7 Å². The standard InChI is InChI=1S/C18H23ClN2O5/c1-12-6-2-4-8-14(12)20-18(24)21-16(22)10-26-17(23)11-25-15-9-5-3-7-13(15)19/h3,5,7,9,12,14H,2,4,6,8,10-11H2,1H3,(H2,20,21,22,24)/t12-,14-/m0/s1. The molecule has 2 N–H and O–H groups in total. The molecule has 2 atom stereocenters. The van der Waals surface area contributed by atoms with Crippen LogP contribution in [0.1, 0.15) is 32.6 Å². The highest BCUT2D eigenvalue weighted by atomic mass is 35.5. The molecular formula is C18H23ClN2O5. The van der Waals surface area contributed by atoms with Gasteiger partial charge >= 0.3 is 12.0 Å². The summed E-state index contributed by atoms with van der Waals surface area (Å²) in [5.74, 6) is -0.709. The maximum Gasteiger partial charge on any atom is 0.344 e. The molecule has 26 heavy (non-hydrogen) atoms. The van der Waals surface area contributed by atoms with E-state index in [9.17, 15) is 14.4 Å². The first-order valence-corrected chi connectivity index (χ1v) is 8.97.